The predicted molar refractivity (Wildman–Crippen MR) is 83.3 cm³/mol. The summed E-state index contributed by atoms with van der Waals surface area (Å²) in [5.74, 6) is -0.376. The predicted octanol–water partition coefficient (Wildman–Crippen LogP) is 3.54. The van der Waals surface area contributed by atoms with Crippen molar-refractivity contribution in [2.24, 2.45) is 0 Å². The van der Waals surface area contributed by atoms with Crippen molar-refractivity contribution in [3.8, 4) is 11.5 Å². The zero-order chi connectivity index (χ0) is 16.5. The van der Waals surface area contributed by atoms with E-state index >= 15 is 0 Å². The van der Waals surface area contributed by atoms with E-state index in [0.29, 0.717) is 10.8 Å². The van der Waals surface area contributed by atoms with Crippen molar-refractivity contribution in [3.05, 3.63) is 34.9 Å². The van der Waals surface area contributed by atoms with Crippen LogP contribution in [0.15, 0.2) is 29.8 Å². The van der Waals surface area contributed by atoms with E-state index in [-0.39, 0.29) is 25.2 Å². The molecule has 22 heavy (non-hydrogen) atoms. The SMILES string of the molecule is COc1cc(Cl)ccc1OC(=O)CCC(=O)OCC=C(C)C. The standard InChI is InChI=1S/C16H19ClO5/c1-11(2)8-9-21-15(18)6-7-16(19)22-13-5-4-12(17)10-14(13)20-3/h4-5,8,10H,6-7,9H2,1-3H3. The molecule has 1 aromatic rings. The lowest BCUT2D eigenvalue weighted by Crippen LogP contribution is -2.13. The molecule has 1 rings (SSSR count). The van der Waals surface area contributed by atoms with E-state index in [1.165, 1.54) is 19.2 Å². The normalized spacial score (nSPS) is 9.82. The van der Waals surface area contributed by atoms with Crippen LogP contribution >= 0.6 is 11.6 Å². The van der Waals surface area contributed by atoms with Crippen LogP contribution in [0.3, 0.4) is 0 Å². The molecule has 0 amide bonds. The maximum atomic E-state index is 11.7. The second-order valence-electron chi connectivity index (χ2n) is 4.73. The van der Waals surface area contributed by atoms with E-state index in [4.69, 9.17) is 25.8 Å². The maximum Gasteiger partial charge on any atom is 0.311 e. The number of halogens is 1. The fraction of sp³-hybridized carbons (Fsp3) is 0.375. The largest absolute Gasteiger partial charge is 0.493 e. The van der Waals surface area contributed by atoms with E-state index in [1.54, 1.807) is 12.1 Å². The first-order valence-electron chi connectivity index (χ1n) is 6.75. The molecule has 6 heteroatoms. The number of carbonyl (C=O) groups is 2. The Bertz CT molecular complexity index is 562. The van der Waals surface area contributed by atoms with E-state index in [2.05, 4.69) is 0 Å². The molecule has 1 aromatic carbocycles. The Morgan fingerprint density at radius 2 is 1.82 bits per heavy atom. The Hall–Kier alpha value is -2.01. The minimum atomic E-state index is -0.542. The molecule has 0 aliphatic heterocycles. The molecule has 0 fully saturated rings. The van der Waals surface area contributed by atoms with Gasteiger partial charge in [-0.2, -0.15) is 0 Å². The molecule has 0 atom stereocenters. The average molecular weight is 327 g/mol. The third-order valence-electron chi connectivity index (χ3n) is 2.62. The van der Waals surface area contributed by atoms with E-state index < -0.39 is 11.9 Å². The monoisotopic (exact) mass is 326 g/mol. The molecular formula is C16H19ClO5. The van der Waals surface area contributed by atoms with Gasteiger partial charge in [0, 0.05) is 11.1 Å². The Labute approximate surface area is 134 Å². The maximum absolute atomic E-state index is 11.7. The third kappa shape index (κ3) is 6.63. The Kier molecular flexibility index (Phi) is 7.46. The molecule has 0 aliphatic rings. The van der Waals surface area contributed by atoms with Crippen molar-refractivity contribution in [1.82, 2.24) is 0 Å². The fourth-order valence-corrected chi connectivity index (χ4v) is 1.64. The Balaban J connectivity index is 2.43. The molecule has 0 N–H and O–H groups in total. The number of methoxy groups -OCH3 is 1. The van der Waals surface area contributed by atoms with Crippen molar-refractivity contribution in [2.45, 2.75) is 26.7 Å². The second kappa shape index (κ2) is 9.10. The first-order valence-corrected chi connectivity index (χ1v) is 7.13. The van der Waals surface area contributed by atoms with Crippen molar-refractivity contribution in [2.75, 3.05) is 13.7 Å². The number of benzene rings is 1. The van der Waals surface area contributed by atoms with Gasteiger partial charge < -0.3 is 14.2 Å². The molecule has 0 aliphatic carbocycles. The summed E-state index contributed by atoms with van der Waals surface area (Å²) in [5, 5.41) is 0.472. The third-order valence-corrected chi connectivity index (χ3v) is 2.85. The zero-order valence-electron chi connectivity index (χ0n) is 12.8. The van der Waals surface area contributed by atoms with Gasteiger partial charge in [-0.3, -0.25) is 9.59 Å². The first-order chi connectivity index (χ1) is 10.4. The van der Waals surface area contributed by atoms with Gasteiger partial charge in [0.1, 0.15) is 6.61 Å². The number of allylic oxidation sites excluding steroid dienone is 1. The molecule has 0 spiro atoms. The Morgan fingerprint density at radius 3 is 2.45 bits per heavy atom. The van der Waals surface area contributed by atoms with Gasteiger partial charge in [-0.25, -0.2) is 0 Å². The highest BCUT2D eigenvalue weighted by atomic mass is 35.5. The smallest absolute Gasteiger partial charge is 0.311 e. The van der Waals surface area contributed by atoms with E-state index in [0.717, 1.165) is 5.57 Å². The molecule has 0 saturated carbocycles. The van der Waals surface area contributed by atoms with Crippen molar-refractivity contribution >= 4 is 23.5 Å². The second-order valence-corrected chi connectivity index (χ2v) is 5.17. The van der Waals surface area contributed by atoms with Gasteiger partial charge in [0.15, 0.2) is 11.5 Å². The van der Waals surface area contributed by atoms with Gasteiger partial charge in [-0.05, 0) is 32.1 Å². The molecular weight excluding hydrogens is 308 g/mol. The van der Waals surface area contributed by atoms with Crippen molar-refractivity contribution in [3.63, 3.8) is 0 Å². The molecule has 0 unspecified atom stereocenters. The minimum Gasteiger partial charge on any atom is -0.493 e. The highest BCUT2D eigenvalue weighted by molar-refractivity contribution is 6.30. The van der Waals surface area contributed by atoms with Gasteiger partial charge in [0.25, 0.3) is 0 Å². The quantitative estimate of drug-likeness (QED) is 0.435. The molecule has 0 radical (unpaired) electrons. The summed E-state index contributed by atoms with van der Waals surface area (Å²) in [4.78, 5) is 23.2. The summed E-state index contributed by atoms with van der Waals surface area (Å²) < 4.78 is 15.2. The number of hydrogen-bond donors (Lipinski definition) is 0. The summed E-state index contributed by atoms with van der Waals surface area (Å²) in [6.45, 7) is 4.02. The van der Waals surface area contributed by atoms with Crippen LogP contribution in [0.4, 0.5) is 0 Å². The number of esters is 2. The molecule has 0 saturated heterocycles. The summed E-state index contributed by atoms with van der Waals surface area (Å²) >= 11 is 5.82. The summed E-state index contributed by atoms with van der Waals surface area (Å²) in [7, 11) is 1.45. The lowest BCUT2D eigenvalue weighted by Gasteiger charge is -2.09. The van der Waals surface area contributed by atoms with Gasteiger partial charge >= 0.3 is 11.9 Å². The highest BCUT2D eigenvalue weighted by Gasteiger charge is 2.13. The summed E-state index contributed by atoms with van der Waals surface area (Å²) in [6, 6.07) is 4.66. The molecule has 120 valence electrons. The average Bonchev–Trinajstić information content (AvgIpc) is 2.46. The van der Waals surface area contributed by atoms with Crippen LogP contribution in [0.1, 0.15) is 26.7 Å². The topological polar surface area (TPSA) is 61.8 Å². The van der Waals surface area contributed by atoms with Crippen LogP contribution in [-0.4, -0.2) is 25.7 Å². The molecule has 0 heterocycles. The van der Waals surface area contributed by atoms with Crippen LogP contribution < -0.4 is 9.47 Å². The van der Waals surface area contributed by atoms with Crippen LogP contribution in [-0.2, 0) is 14.3 Å². The number of ether oxygens (including phenoxy) is 3. The van der Waals surface area contributed by atoms with Gasteiger partial charge in [0.2, 0.25) is 0 Å². The zero-order valence-corrected chi connectivity index (χ0v) is 13.6. The number of rotatable bonds is 7. The highest BCUT2D eigenvalue weighted by Crippen LogP contribution is 2.30. The van der Waals surface area contributed by atoms with E-state index in [9.17, 15) is 9.59 Å². The molecule has 0 aromatic heterocycles. The van der Waals surface area contributed by atoms with E-state index in [1.807, 2.05) is 13.8 Å². The number of carbonyl (C=O) groups excluding carboxylic acids is 2. The number of hydrogen-bond acceptors (Lipinski definition) is 5. The molecule has 0 bridgehead atoms. The lowest BCUT2D eigenvalue weighted by atomic mass is 10.3. The first kappa shape index (κ1) is 18.0. The van der Waals surface area contributed by atoms with Crippen LogP contribution in [0.5, 0.6) is 11.5 Å². The molecule has 5 nitrogen and oxygen atoms in total. The van der Waals surface area contributed by atoms with Crippen molar-refractivity contribution in [1.29, 1.82) is 0 Å². The van der Waals surface area contributed by atoms with Gasteiger partial charge in [-0.15, -0.1) is 0 Å². The van der Waals surface area contributed by atoms with Crippen molar-refractivity contribution < 1.29 is 23.8 Å². The van der Waals surface area contributed by atoms with Crippen LogP contribution in [0.2, 0.25) is 5.02 Å². The Morgan fingerprint density at radius 1 is 1.14 bits per heavy atom. The van der Waals surface area contributed by atoms with Crippen LogP contribution in [0.25, 0.3) is 0 Å². The minimum absolute atomic E-state index is 0.0364. The van der Waals surface area contributed by atoms with Gasteiger partial charge in [-0.1, -0.05) is 17.2 Å². The fourth-order valence-electron chi connectivity index (χ4n) is 1.48. The lowest BCUT2D eigenvalue weighted by molar-refractivity contribution is -0.146. The summed E-state index contributed by atoms with van der Waals surface area (Å²) in [6.07, 6.45) is 1.68. The van der Waals surface area contributed by atoms with Crippen LogP contribution in [0, 0.1) is 0 Å². The van der Waals surface area contributed by atoms with Gasteiger partial charge in [0.05, 0.1) is 20.0 Å². The summed E-state index contributed by atoms with van der Waals surface area (Å²) in [5.41, 5.74) is 1.06.